The molecule has 7 nitrogen and oxygen atoms in total. The second kappa shape index (κ2) is 10.5. The normalized spacial score (nSPS) is 16.5. The molecule has 1 aliphatic rings. The molecule has 2 aromatic rings. The lowest BCUT2D eigenvalue weighted by Crippen LogP contribution is -2.46. The molecule has 2 amide bonds. The summed E-state index contributed by atoms with van der Waals surface area (Å²) in [5.41, 5.74) is 1.64. The zero-order valence-corrected chi connectivity index (χ0v) is 17.3. The van der Waals surface area contributed by atoms with Gasteiger partial charge in [0, 0.05) is 24.5 Å². The molecule has 156 valence electrons. The Labute approximate surface area is 177 Å². The molecule has 3 rings (SSSR count). The number of benzene rings is 1. The van der Waals surface area contributed by atoms with Gasteiger partial charge in [-0.1, -0.05) is 24.3 Å². The minimum absolute atomic E-state index is 0.0575. The van der Waals surface area contributed by atoms with Crippen LogP contribution in [0.15, 0.2) is 48.5 Å². The molecule has 0 saturated carbocycles. The van der Waals surface area contributed by atoms with Crippen LogP contribution in [-0.2, 0) is 9.59 Å². The van der Waals surface area contributed by atoms with Crippen molar-refractivity contribution in [2.45, 2.75) is 26.2 Å². The molecule has 1 fully saturated rings. The predicted octanol–water partition coefficient (Wildman–Crippen LogP) is 2.99. The van der Waals surface area contributed by atoms with E-state index >= 15 is 0 Å². The van der Waals surface area contributed by atoms with E-state index < -0.39 is 0 Å². The van der Waals surface area contributed by atoms with Gasteiger partial charge < -0.3 is 10.2 Å². The molecule has 0 spiro atoms. The van der Waals surface area contributed by atoms with E-state index in [2.05, 4.69) is 16.4 Å². The van der Waals surface area contributed by atoms with Gasteiger partial charge in [-0.25, -0.2) is 4.98 Å². The minimum Gasteiger partial charge on any atom is -0.310 e. The molecule has 1 aromatic carbocycles. The summed E-state index contributed by atoms with van der Waals surface area (Å²) in [7, 11) is 0. The van der Waals surface area contributed by atoms with Crippen molar-refractivity contribution >= 4 is 23.3 Å². The fourth-order valence-electron chi connectivity index (χ4n) is 3.70. The Hall–Kier alpha value is -3.24. The number of carbonyl (C=O) groups excluding carboxylic acids is 2. The number of nitriles is 1. The van der Waals surface area contributed by atoms with Crippen LogP contribution in [0.25, 0.3) is 0 Å². The lowest BCUT2D eigenvalue weighted by Gasteiger charge is -2.33. The highest BCUT2D eigenvalue weighted by Gasteiger charge is 2.28. The number of carbonyl (C=O) groups is 2. The van der Waals surface area contributed by atoms with Gasteiger partial charge in [0.2, 0.25) is 11.8 Å². The molecule has 1 aromatic heterocycles. The summed E-state index contributed by atoms with van der Waals surface area (Å²) < 4.78 is 0. The summed E-state index contributed by atoms with van der Waals surface area (Å²) in [6.07, 6.45) is 1.92. The Kier molecular flexibility index (Phi) is 7.52. The molecule has 1 N–H and O–H groups in total. The van der Waals surface area contributed by atoms with E-state index in [0.717, 1.165) is 30.8 Å². The van der Waals surface area contributed by atoms with Gasteiger partial charge in [0.05, 0.1) is 25.0 Å². The van der Waals surface area contributed by atoms with Crippen LogP contribution in [0.5, 0.6) is 0 Å². The van der Waals surface area contributed by atoms with E-state index in [1.54, 1.807) is 11.0 Å². The van der Waals surface area contributed by atoms with Crippen molar-refractivity contribution in [3.05, 3.63) is 54.2 Å². The molecule has 1 atom stereocenters. The number of para-hydroxylation sites is 1. The second-order valence-corrected chi connectivity index (χ2v) is 7.52. The van der Waals surface area contributed by atoms with Gasteiger partial charge in [-0.2, -0.15) is 5.26 Å². The monoisotopic (exact) mass is 405 g/mol. The zero-order chi connectivity index (χ0) is 21.3. The highest BCUT2D eigenvalue weighted by Crippen LogP contribution is 2.20. The van der Waals surface area contributed by atoms with Gasteiger partial charge in [0.25, 0.3) is 0 Å². The molecule has 0 bridgehead atoms. The van der Waals surface area contributed by atoms with Crippen LogP contribution >= 0.6 is 0 Å². The Bertz CT molecular complexity index is 909. The molecule has 0 radical (unpaired) electrons. The number of nitrogens with zero attached hydrogens (tertiary/aromatic N) is 4. The lowest BCUT2D eigenvalue weighted by molar-refractivity contribution is -0.124. The molecule has 30 heavy (non-hydrogen) atoms. The van der Waals surface area contributed by atoms with Gasteiger partial charge in [-0.3, -0.25) is 14.5 Å². The number of nitrogens with one attached hydrogen (secondary N) is 1. The minimum atomic E-state index is -0.182. The predicted molar refractivity (Wildman–Crippen MR) is 116 cm³/mol. The third-order valence-electron chi connectivity index (χ3n) is 5.19. The molecule has 0 aliphatic carbocycles. The first-order valence-electron chi connectivity index (χ1n) is 10.3. The number of anilines is 2. The van der Waals surface area contributed by atoms with Crippen LogP contribution in [0, 0.1) is 24.2 Å². The second-order valence-electron chi connectivity index (χ2n) is 7.52. The molecule has 0 unspecified atom stereocenters. The van der Waals surface area contributed by atoms with Crippen molar-refractivity contribution in [1.29, 1.82) is 5.26 Å². The number of aryl methyl sites for hydroxylation is 1. The van der Waals surface area contributed by atoms with Gasteiger partial charge in [0.15, 0.2) is 0 Å². The Balaban J connectivity index is 1.60. The van der Waals surface area contributed by atoms with Crippen molar-refractivity contribution < 1.29 is 9.59 Å². The van der Waals surface area contributed by atoms with E-state index in [0.29, 0.717) is 18.9 Å². The molecular formula is C23H27N5O2. The maximum absolute atomic E-state index is 13.0. The van der Waals surface area contributed by atoms with E-state index in [1.807, 2.05) is 54.3 Å². The number of amides is 2. The molecule has 1 aliphatic heterocycles. The van der Waals surface area contributed by atoms with Crippen molar-refractivity contribution in [2.24, 2.45) is 5.92 Å². The van der Waals surface area contributed by atoms with E-state index in [1.165, 1.54) is 0 Å². The number of hydrogen-bond acceptors (Lipinski definition) is 5. The highest BCUT2D eigenvalue weighted by molar-refractivity contribution is 5.95. The number of aromatic nitrogens is 1. The van der Waals surface area contributed by atoms with Crippen LogP contribution in [0.1, 0.15) is 25.0 Å². The summed E-state index contributed by atoms with van der Waals surface area (Å²) in [6.45, 7) is 3.78. The highest BCUT2D eigenvalue weighted by atomic mass is 16.2. The smallest absolute Gasteiger partial charge is 0.241 e. The van der Waals surface area contributed by atoms with E-state index in [-0.39, 0.29) is 30.7 Å². The average molecular weight is 406 g/mol. The van der Waals surface area contributed by atoms with Crippen LogP contribution in [-0.4, -0.2) is 47.9 Å². The Morgan fingerprint density at radius 2 is 2.03 bits per heavy atom. The Morgan fingerprint density at radius 3 is 2.77 bits per heavy atom. The van der Waals surface area contributed by atoms with Gasteiger partial charge in [0.1, 0.15) is 5.82 Å². The lowest BCUT2D eigenvalue weighted by atomic mass is 9.97. The van der Waals surface area contributed by atoms with Gasteiger partial charge >= 0.3 is 0 Å². The van der Waals surface area contributed by atoms with Crippen molar-refractivity contribution in [2.75, 3.05) is 36.4 Å². The van der Waals surface area contributed by atoms with Crippen molar-refractivity contribution in [3.8, 4) is 6.07 Å². The summed E-state index contributed by atoms with van der Waals surface area (Å²) >= 11 is 0. The van der Waals surface area contributed by atoms with E-state index in [4.69, 9.17) is 5.26 Å². The number of hydrogen-bond donors (Lipinski definition) is 1. The van der Waals surface area contributed by atoms with E-state index in [9.17, 15) is 9.59 Å². The van der Waals surface area contributed by atoms with Crippen LogP contribution in [0.3, 0.4) is 0 Å². The maximum atomic E-state index is 13.0. The van der Waals surface area contributed by atoms with Crippen molar-refractivity contribution in [1.82, 2.24) is 9.88 Å². The third-order valence-corrected chi connectivity index (χ3v) is 5.19. The number of piperidine rings is 1. The summed E-state index contributed by atoms with van der Waals surface area (Å²) in [5, 5.41) is 11.8. The van der Waals surface area contributed by atoms with Crippen molar-refractivity contribution in [3.63, 3.8) is 0 Å². The first-order valence-corrected chi connectivity index (χ1v) is 10.3. The number of likely N-dealkylation sites (tertiary alicyclic amines) is 1. The van der Waals surface area contributed by atoms with Crippen LogP contribution < -0.4 is 10.2 Å². The molecule has 2 heterocycles. The molecule has 7 heteroatoms. The molecule has 1 saturated heterocycles. The standard InChI is InChI=1S/C23H27N5O2/c1-18-8-5-12-21(25-18)26-23(30)19-9-6-14-27(16-19)17-22(29)28(15-7-13-24)20-10-3-2-4-11-20/h2-5,8,10-12,19H,6-7,9,14-17H2,1H3,(H,25,26,30)/t19-/m1/s1. The SMILES string of the molecule is Cc1cccc(NC(=O)[C@@H]2CCCN(CC(=O)N(CCC#N)c3ccccc3)C2)n1. The summed E-state index contributed by atoms with van der Waals surface area (Å²) in [5.74, 6) is 0.255. The fraction of sp³-hybridized carbons (Fsp3) is 0.391. The molecular weight excluding hydrogens is 378 g/mol. The Morgan fingerprint density at radius 1 is 1.23 bits per heavy atom. The third kappa shape index (κ3) is 5.88. The van der Waals surface area contributed by atoms with Gasteiger partial charge in [-0.15, -0.1) is 0 Å². The first kappa shape index (κ1) is 21.5. The number of rotatable bonds is 7. The fourth-order valence-corrected chi connectivity index (χ4v) is 3.70. The van der Waals surface area contributed by atoms with Gasteiger partial charge in [-0.05, 0) is 50.6 Å². The summed E-state index contributed by atoms with van der Waals surface area (Å²) in [6, 6.07) is 17.0. The average Bonchev–Trinajstić information content (AvgIpc) is 2.75. The zero-order valence-electron chi connectivity index (χ0n) is 17.3. The summed E-state index contributed by atoms with van der Waals surface area (Å²) in [4.78, 5) is 33.7. The van der Waals surface area contributed by atoms with Crippen LogP contribution in [0.2, 0.25) is 0 Å². The largest absolute Gasteiger partial charge is 0.310 e. The first-order chi connectivity index (χ1) is 14.6. The maximum Gasteiger partial charge on any atom is 0.241 e. The quantitative estimate of drug-likeness (QED) is 0.765. The van der Waals surface area contributed by atoms with Crippen LogP contribution in [0.4, 0.5) is 11.5 Å². The number of pyridine rings is 1. The topological polar surface area (TPSA) is 89.3 Å².